The second-order valence-corrected chi connectivity index (χ2v) is 4.99. The van der Waals surface area contributed by atoms with Crippen LogP contribution in [0.3, 0.4) is 0 Å². The summed E-state index contributed by atoms with van der Waals surface area (Å²) >= 11 is 0. The molecular weight excluding hydrogens is 254 g/mol. The van der Waals surface area contributed by atoms with Crippen LogP contribution in [0.25, 0.3) is 11.6 Å². The van der Waals surface area contributed by atoms with E-state index >= 15 is 0 Å². The Hall–Kier alpha value is -1.60. The molecule has 0 fully saturated rings. The van der Waals surface area contributed by atoms with Crippen LogP contribution in [-0.4, -0.2) is 7.05 Å². The summed E-state index contributed by atoms with van der Waals surface area (Å²) in [5.74, 6) is 0.666. The molecule has 0 spiro atoms. The summed E-state index contributed by atoms with van der Waals surface area (Å²) < 4.78 is 0. The Morgan fingerprint density at radius 3 is 2.24 bits per heavy atom. The monoisotopic (exact) mass is 285 g/mol. The van der Waals surface area contributed by atoms with Gasteiger partial charge in [0.2, 0.25) is 0 Å². The van der Waals surface area contributed by atoms with Crippen LogP contribution >= 0.6 is 0 Å². The Kier molecular flexibility index (Phi) is 11.2. The number of hydrogen-bond acceptors (Lipinski definition) is 1. The minimum Gasteiger partial charge on any atom is -0.333 e. The first-order valence-corrected chi connectivity index (χ1v) is 7.86. The first-order chi connectivity index (χ1) is 10.2. The Morgan fingerprint density at radius 1 is 1.14 bits per heavy atom. The summed E-state index contributed by atoms with van der Waals surface area (Å²) in [4.78, 5) is 0. The highest BCUT2D eigenvalue weighted by Gasteiger charge is 1.97. The smallest absolute Gasteiger partial charge is 0.0187 e. The molecule has 0 aromatic heterocycles. The second kappa shape index (κ2) is 12.2. The molecule has 1 rings (SSSR count). The number of benzene rings is 1. The highest BCUT2D eigenvalue weighted by atomic mass is 14.4. The number of hydrogen-bond donors (Lipinski definition) is 1. The van der Waals surface area contributed by atoms with Gasteiger partial charge < -0.3 is 5.73 Å². The molecule has 0 saturated carbocycles. The number of rotatable bonds is 6. The zero-order valence-electron chi connectivity index (χ0n) is 14.3. The van der Waals surface area contributed by atoms with E-state index in [2.05, 4.69) is 88.1 Å². The Morgan fingerprint density at radius 2 is 1.76 bits per heavy atom. The van der Waals surface area contributed by atoms with Gasteiger partial charge in [-0.15, -0.1) is 0 Å². The van der Waals surface area contributed by atoms with E-state index in [0.29, 0.717) is 5.92 Å². The predicted molar refractivity (Wildman–Crippen MR) is 98.1 cm³/mol. The fourth-order valence-electron chi connectivity index (χ4n) is 2.15. The summed E-state index contributed by atoms with van der Waals surface area (Å²) in [6, 6.07) is 8.77. The number of nitrogens with two attached hydrogens (primary N) is 1. The van der Waals surface area contributed by atoms with Crippen LogP contribution in [0.5, 0.6) is 0 Å². The molecule has 0 aliphatic carbocycles. The molecule has 0 bridgehead atoms. The van der Waals surface area contributed by atoms with Gasteiger partial charge in [-0.2, -0.15) is 0 Å². The van der Waals surface area contributed by atoms with Crippen LogP contribution in [0, 0.1) is 5.92 Å². The molecule has 0 heterocycles. The molecule has 1 atom stereocenters. The van der Waals surface area contributed by atoms with Crippen molar-refractivity contribution in [1.29, 1.82) is 0 Å². The molecule has 1 aromatic rings. The van der Waals surface area contributed by atoms with Gasteiger partial charge in [0.05, 0.1) is 0 Å². The maximum atomic E-state index is 4.50. The summed E-state index contributed by atoms with van der Waals surface area (Å²) in [6.07, 6.45) is 13.4. The quantitative estimate of drug-likeness (QED) is 0.667. The van der Waals surface area contributed by atoms with Gasteiger partial charge in [0.25, 0.3) is 0 Å². The fourth-order valence-corrected chi connectivity index (χ4v) is 2.15. The minimum atomic E-state index is 0.666. The lowest BCUT2D eigenvalue weighted by Gasteiger charge is -2.04. The largest absolute Gasteiger partial charge is 0.333 e. The predicted octanol–water partition coefficient (Wildman–Crippen LogP) is 5.69. The molecule has 1 aromatic carbocycles. The number of allylic oxidation sites excluding steroid dienone is 5. The second-order valence-electron chi connectivity index (χ2n) is 4.99. The lowest BCUT2D eigenvalue weighted by atomic mass is 10.0. The molecule has 1 nitrogen and oxygen atoms in total. The third kappa shape index (κ3) is 7.67. The normalized spacial score (nSPS) is 13.3. The van der Waals surface area contributed by atoms with Crippen LogP contribution in [0.15, 0.2) is 48.6 Å². The maximum absolute atomic E-state index is 4.50. The van der Waals surface area contributed by atoms with E-state index in [9.17, 15) is 0 Å². The molecule has 0 aliphatic heterocycles. The van der Waals surface area contributed by atoms with Crippen LogP contribution in [0.2, 0.25) is 0 Å². The summed E-state index contributed by atoms with van der Waals surface area (Å²) in [6.45, 7) is 8.64. The summed E-state index contributed by atoms with van der Waals surface area (Å²) in [5, 5.41) is 0. The molecule has 0 saturated heterocycles. The zero-order valence-corrected chi connectivity index (χ0v) is 14.3. The lowest BCUT2D eigenvalue weighted by molar-refractivity contribution is 0.636. The van der Waals surface area contributed by atoms with Crippen molar-refractivity contribution in [3.63, 3.8) is 0 Å². The molecule has 21 heavy (non-hydrogen) atoms. The summed E-state index contributed by atoms with van der Waals surface area (Å²) in [5.41, 5.74) is 8.33. The first-order valence-electron chi connectivity index (χ1n) is 7.86. The lowest BCUT2D eigenvalue weighted by Crippen LogP contribution is -1.87. The van der Waals surface area contributed by atoms with E-state index in [4.69, 9.17) is 0 Å². The van der Waals surface area contributed by atoms with Gasteiger partial charge in [0.1, 0.15) is 0 Å². The van der Waals surface area contributed by atoms with Gasteiger partial charge >= 0.3 is 0 Å². The van der Waals surface area contributed by atoms with Gasteiger partial charge in [-0.1, -0.05) is 74.9 Å². The fraction of sp³-hybridized carbons (Fsp3) is 0.400. The van der Waals surface area contributed by atoms with E-state index in [-0.39, 0.29) is 0 Å². The molecular formula is C20H31N. The highest BCUT2D eigenvalue weighted by Crippen LogP contribution is 2.18. The maximum Gasteiger partial charge on any atom is -0.0187 e. The van der Waals surface area contributed by atoms with E-state index < -0.39 is 0 Å². The van der Waals surface area contributed by atoms with Crippen molar-refractivity contribution in [1.82, 2.24) is 0 Å². The van der Waals surface area contributed by atoms with E-state index in [1.165, 1.54) is 36.6 Å². The highest BCUT2D eigenvalue weighted by molar-refractivity contribution is 5.74. The molecule has 0 aliphatic rings. The Labute approximate surface area is 131 Å². The molecule has 116 valence electrons. The molecule has 1 heteroatoms. The van der Waals surface area contributed by atoms with E-state index in [0.717, 1.165) is 0 Å². The standard InChI is InChI=1S/C19H26.CH5N/c1-5-8-16(4)10-11-17-12-14-19(15-13-17)18(7-3)9-6-2;1-2/h6-7,9-16H,5,8H2,1-4H3;2H2,1H3/b9-6-,11-10+,18-7+;. The average molecular weight is 285 g/mol. The van der Waals surface area contributed by atoms with Crippen molar-refractivity contribution in [2.75, 3.05) is 7.05 Å². The van der Waals surface area contributed by atoms with Gasteiger partial charge in [0, 0.05) is 0 Å². The van der Waals surface area contributed by atoms with Crippen molar-refractivity contribution in [2.45, 2.75) is 40.5 Å². The molecule has 1 unspecified atom stereocenters. The van der Waals surface area contributed by atoms with Crippen LogP contribution in [-0.2, 0) is 0 Å². The van der Waals surface area contributed by atoms with Crippen molar-refractivity contribution in [2.24, 2.45) is 11.7 Å². The van der Waals surface area contributed by atoms with Crippen molar-refractivity contribution in [3.05, 3.63) is 59.7 Å². The first kappa shape index (κ1) is 19.4. The van der Waals surface area contributed by atoms with Crippen molar-refractivity contribution >= 4 is 11.6 Å². The van der Waals surface area contributed by atoms with Gasteiger partial charge in [0.15, 0.2) is 0 Å². The Balaban J connectivity index is 0.00000191. The molecule has 2 N–H and O–H groups in total. The SMILES string of the molecule is C/C=C\C(=C/C)c1ccc(/C=C/C(C)CCC)cc1.CN. The molecule has 0 radical (unpaired) electrons. The summed E-state index contributed by atoms with van der Waals surface area (Å²) in [7, 11) is 1.50. The Bertz CT molecular complexity index is 449. The van der Waals surface area contributed by atoms with E-state index in [1.807, 2.05) is 0 Å². The van der Waals surface area contributed by atoms with Crippen molar-refractivity contribution in [3.8, 4) is 0 Å². The van der Waals surface area contributed by atoms with Crippen LogP contribution in [0.1, 0.15) is 51.7 Å². The van der Waals surface area contributed by atoms with Crippen LogP contribution in [0.4, 0.5) is 0 Å². The van der Waals surface area contributed by atoms with Gasteiger partial charge in [-0.25, -0.2) is 0 Å². The third-order valence-corrected chi connectivity index (χ3v) is 3.26. The van der Waals surface area contributed by atoms with E-state index in [1.54, 1.807) is 0 Å². The topological polar surface area (TPSA) is 26.0 Å². The molecule has 0 amide bonds. The minimum absolute atomic E-state index is 0.666. The van der Waals surface area contributed by atoms with Gasteiger partial charge in [-0.05, 0) is 49.9 Å². The van der Waals surface area contributed by atoms with Gasteiger partial charge in [-0.3, -0.25) is 0 Å². The van der Waals surface area contributed by atoms with Crippen LogP contribution < -0.4 is 5.73 Å². The zero-order chi connectivity index (χ0) is 16.1. The van der Waals surface area contributed by atoms with Crippen molar-refractivity contribution < 1.29 is 0 Å². The average Bonchev–Trinajstić information content (AvgIpc) is 2.53. The third-order valence-electron chi connectivity index (χ3n) is 3.26.